The van der Waals surface area contributed by atoms with Crippen LogP contribution in [0.4, 0.5) is 16.3 Å². The van der Waals surface area contributed by atoms with Crippen LogP contribution in [0.1, 0.15) is 24.8 Å². The summed E-state index contributed by atoms with van der Waals surface area (Å²) in [5.41, 5.74) is 3.48. The molecule has 2 amide bonds. The van der Waals surface area contributed by atoms with Gasteiger partial charge in [0.25, 0.3) is 0 Å². The number of rotatable bonds is 6. The Bertz CT molecular complexity index is 1020. The number of aromatic nitrogens is 2. The summed E-state index contributed by atoms with van der Waals surface area (Å²) < 4.78 is 5.16. The first-order valence-corrected chi connectivity index (χ1v) is 10.6. The number of amides is 2. The summed E-state index contributed by atoms with van der Waals surface area (Å²) in [6.07, 6.45) is 7.06. The third-order valence-corrected chi connectivity index (χ3v) is 5.34. The molecule has 7 nitrogen and oxygen atoms in total. The number of anilines is 2. The Hall–Kier alpha value is -3.61. The van der Waals surface area contributed by atoms with E-state index in [9.17, 15) is 4.79 Å². The number of urea groups is 1. The summed E-state index contributed by atoms with van der Waals surface area (Å²) >= 11 is 0. The summed E-state index contributed by atoms with van der Waals surface area (Å²) in [5.74, 6) is 1.70. The molecular formula is C24H27N5O2. The topological polar surface area (TPSA) is 79.4 Å². The van der Waals surface area contributed by atoms with Gasteiger partial charge in [0.1, 0.15) is 11.4 Å². The van der Waals surface area contributed by atoms with Crippen LogP contribution >= 0.6 is 0 Å². The van der Waals surface area contributed by atoms with Gasteiger partial charge in [-0.1, -0.05) is 24.3 Å². The minimum absolute atomic E-state index is 0.261. The van der Waals surface area contributed by atoms with Crippen molar-refractivity contribution < 1.29 is 9.53 Å². The molecule has 3 aromatic rings. The van der Waals surface area contributed by atoms with Crippen molar-refractivity contribution in [2.24, 2.45) is 0 Å². The SMILES string of the molecule is COc1ccc(CNC(=O)Nc2cccc(-c3nccnc3N3CCCCC3)c2)cc1. The monoisotopic (exact) mass is 417 g/mol. The number of hydrogen-bond acceptors (Lipinski definition) is 5. The number of carbonyl (C=O) groups is 1. The molecule has 1 saturated heterocycles. The molecule has 31 heavy (non-hydrogen) atoms. The highest BCUT2D eigenvalue weighted by molar-refractivity contribution is 5.90. The van der Waals surface area contributed by atoms with E-state index in [1.165, 1.54) is 19.3 Å². The largest absolute Gasteiger partial charge is 0.497 e. The average Bonchev–Trinajstić information content (AvgIpc) is 2.84. The highest BCUT2D eigenvalue weighted by Crippen LogP contribution is 2.30. The van der Waals surface area contributed by atoms with Crippen molar-refractivity contribution >= 4 is 17.5 Å². The molecule has 0 aliphatic carbocycles. The van der Waals surface area contributed by atoms with Gasteiger partial charge >= 0.3 is 6.03 Å². The average molecular weight is 418 g/mol. The third kappa shape index (κ3) is 5.31. The molecular weight excluding hydrogens is 390 g/mol. The summed E-state index contributed by atoms with van der Waals surface area (Å²) in [7, 11) is 1.63. The lowest BCUT2D eigenvalue weighted by Crippen LogP contribution is -2.30. The van der Waals surface area contributed by atoms with Gasteiger partial charge < -0.3 is 20.3 Å². The number of methoxy groups -OCH3 is 1. The van der Waals surface area contributed by atoms with E-state index in [0.29, 0.717) is 12.2 Å². The molecule has 2 aromatic carbocycles. The van der Waals surface area contributed by atoms with E-state index in [2.05, 4.69) is 25.5 Å². The summed E-state index contributed by atoms with van der Waals surface area (Å²) in [4.78, 5) is 23.9. The predicted octanol–water partition coefficient (Wildman–Crippen LogP) is 4.46. The maximum Gasteiger partial charge on any atom is 0.319 e. The zero-order chi connectivity index (χ0) is 21.5. The Balaban J connectivity index is 1.43. The van der Waals surface area contributed by atoms with Gasteiger partial charge in [0.2, 0.25) is 0 Å². The lowest BCUT2D eigenvalue weighted by molar-refractivity contribution is 0.251. The minimum atomic E-state index is -0.261. The number of carbonyl (C=O) groups excluding carboxylic acids is 1. The number of nitrogens with zero attached hydrogens (tertiary/aromatic N) is 3. The van der Waals surface area contributed by atoms with Gasteiger partial charge in [0, 0.05) is 43.3 Å². The van der Waals surface area contributed by atoms with Gasteiger partial charge in [-0.25, -0.2) is 9.78 Å². The van der Waals surface area contributed by atoms with Gasteiger partial charge in [-0.05, 0) is 49.1 Å². The van der Waals surface area contributed by atoms with Crippen LogP contribution in [0.2, 0.25) is 0 Å². The molecule has 160 valence electrons. The summed E-state index contributed by atoms with van der Waals surface area (Å²) in [5, 5.41) is 5.79. The molecule has 0 spiro atoms. The molecule has 0 bridgehead atoms. The Morgan fingerprint density at radius 3 is 2.58 bits per heavy atom. The zero-order valence-corrected chi connectivity index (χ0v) is 17.7. The Labute approximate surface area is 182 Å². The highest BCUT2D eigenvalue weighted by atomic mass is 16.5. The van der Waals surface area contributed by atoms with E-state index >= 15 is 0 Å². The lowest BCUT2D eigenvalue weighted by Gasteiger charge is -2.28. The number of nitrogens with one attached hydrogen (secondary N) is 2. The molecule has 2 heterocycles. The van der Waals surface area contributed by atoms with Gasteiger partial charge in [0.05, 0.1) is 7.11 Å². The Morgan fingerprint density at radius 1 is 1.03 bits per heavy atom. The minimum Gasteiger partial charge on any atom is -0.497 e. The van der Waals surface area contributed by atoms with Crippen LogP contribution in [0.15, 0.2) is 60.9 Å². The standard InChI is InChI=1S/C24H27N5O2/c1-31-21-10-8-18(9-11-21)17-27-24(30)28-20-7-5-6-19(16-20)22-23(26-13-12-25-22)29-14-3-2-4-15-29/h5-13,16H,2-4,14-15,17H2,1H3,(H2,27,28,30). The first kappa shape index (κ1) is 20.7. The second-order valence-electron chi connectivity index (χ2n) is 7.51. The van der Waals surface area contributed by atoms with Crippen LogP contribution in [0, 0.1) is 0 Å². The summed E-state index contributed by atoms with van der Waals surface area (Å²) in [6.45, 7) is 2.42. The second kappa shape index (κ2) is 9.93. The molecule has 1 aromatic heterocycles. The molecule has 0 saturated carbocycles. The summed E-state index contributed by atoms with van der Waals surface area (Å²) in [6, 6.07) is 15.1. The van der Waals surface area contributed by atoms with Crippen LogP contribution in [-0.4, -0.2) is 36.2 Å². The molecule has 0 radical (unpaired) electrons. The van der Waals surface area contributed by atoms with E-state index in [0.717, 1.165) is 41.5 Å². The van der Waals surface area contributed by atoms with Gasteiger partial charge in [-0.2, -0.15) is 0 Å². The lowest BCUT2D eigenvalue weighted by atomic mass is 10.1. The first-order valence-electron chi connectivity index (χ1n) is 10.6. The fourth-order valence-electron chi connectivity index (χ4n) is 3.72. The number of benzene rings is 2. The van der Waals surface area contributed by atoms with Gasteiger partial charge in [-0.15, -0.1) is 0 Å². The molecule has 1 fully saturated rings. The fraction of sp³-hybridized carbons (Fsp3) is 0.292. The molecule has 0 atom stereocenters. The number of hydrogen-bond donors (Lipinski definition) is 2. The maximum atomic E-state index is 12.4. The van der Waals surface area contributed by atoms with E-state index in [1.54, 1.807) is 19.5 Å². The van der Waals surface area contributed by atoms with Crippen LogP contribution in [0.3, 0.4) is 0 Å². The molecule has 1 aliphatic heterocycles. The molecule has 7 heteroatoms. The van der Waals surface area contributed by atoms with Crippen molar-refractivity contribution in [3.8, 4) is 17.0 Å². The number of piperidine rings is 1. The molecule has 0 unspecified atom stereocenters. The van der Waals surface area contributed by atoms with Crippen molar-refractivity contribution in [3.05, 3.63) is 66.5 Å². The van der Waals surface area contributed by atoms with Crippen LogP contribution in [0.25, 0.3) is 11.3 Å². The predicted molar refractivity (Wildman–Crippen MR) is 122 cm³/mol. The number of ether oxygens (including phenoxy) is 1. The maximum absolute atomic E-state index is 12.4. The molecule has 4 rings (SSSR count). The fourth-order valence-corrected chi connectivity index (χ4v) is 3.72. The van der Waals surface area contributed by atoms with E-state index in [1.807, 2.05) is 48.5 Å². The van der Waals surface area contributed by atoms with Crippen molar-refractivity contribution in [3.63, 3.8) is 0 Å². The van der Waals surface area contributed by atoms with Gasteiger partial charge in [0.15, 0.2) is 5.82 Å². The molecule has 1 aliphatic rings. The van der Waals surface area contributed by atoms with Crippen molar-refractivity contribution in [2.45, 2.75) is 25.8 Å². The second-order valence-corrected chi connectivity index (χ2v) is 7.51. The van der Waals surface area contributed by atoms with Crippen molar-refractivity contribution in [1.29, 1.82) is 0 Å². The Kier molecular flexibility index (Phi) is 6.62. The normalized spacial score (nSPS) is 13.5. The smallest absolute Gasteiger partial charge is 0.319 e. The van der Waals surface area contributed by atoms with Crippen LogP contribution in [-0.2, 0) is 6.54 Å². The van der Waals surface area contributed by atoms with Gasteiger partial charge in [-0.3, -0.25) is 4.98 Å². The van der Waals surface area contributed by atoms with Crippen LogP contribution in [0.5, 0.6) is 5.75 Å². The first-order chi connectivity index (χ1) is 15.2. The van der Waals surface area contributed by atoms with E-state index in [4.69, 9.17) is 4.74 Å². The Morgan fingerprint density at radius 2 is 1.81 bits per heavy atom. The van der Waals surface area contributed by atoms with Crippen LogP contribution < -0.4 is 20.3 Å². The van der Waals surface area contributed by atoms with E-state index in [-0.39, 0.29) is 6.03 Å². The quantitative estimate of drug-likeness (QED) is 0.619. The highest BCUT2D eigenvalue weighted by Gasteiger charge is 2.18. The van der Waals surface area contributed by atoms with E-state index < -0.39 is 0 Å². The van der Waals surface area contributed by atoms with Crippen molar-refractivity contribution in [1.82, 2.24) is 15.3 Å². The third-order valence-electron chi connectivity index (χ3n) is 5.34. The molecule has 2 N–H and O–H groups in total. The zero-order valence-electron chi connectivity index (χ0n) is 17.7. The van der Waals surface area contributed by atoms with Crippen molar-refractivity contribution in [2.75, 3.05) is 30.4 Å².